The van der Waals surface area contributed by atoms with Crippen LogP contribution in [0, 0.1) is 15.5 Å². The Hall–Kier alpha value is -1.36. The zero-order chi connectivity index (χ0) is 12.5. The van der Waals surface area contributed by atoms with Crippen LogP contribution in [0.15, 0.2) is 12.3 Å². The second-order valence-electron chi connectivity index (χ2n) is 4.80. The van der Waals surface area contributed by atoms with Gasteiger partial charge in [0.15, 0.2) is 0 Å². The molecule has 1 fully saturated rings. The summed E-state index contributed by atoms with van der Waals surface area (Å²) < 4.78 is 0. The minimum Gasteiger partial charge on any atom is -0.364 e. The Balaban J connectivity index is 2.12. The van der Waals surface area contributed by atoms with Crippen LogP contribution in [0.5, 0.6) is 0 Å². The van der Waals surface area contributed by atoms with E-state index < -0.39 is 4.92 Å². The van der Waals surface area contributed by atoms with Crippen molar-refractivity contribution in [3.63, 3.8) is 0 Å². The van der Waals surface area contributed by atoms with Crippen molar-refractivity contribution in [2.75, 3.05) is 11.9 Å². The summed E-state index contributed by atoms with van der Waals surface area (Å²) in [6.07, 6.45) is 4.96. The number of anilines is 1. The van der Waals surface area contributed by atoms with Gasteiger partial charge in [-0.1, -0.05) is 24.9 Å². The maximum atomic E-state index is 10.8. The third-order valence-corrected chi connectivity index (χ3v) is 3.48. The normalized spacial score (nSPS) is 17.3. The van der Waals surface area contributed by atoms with E-state index in [0.29, 0.717) is 12.4 Å². The first-order valence-electron chi connectivity index (χ1n) is 5.54. The van der Waals surface area contributed by atoms with Crippen molar-refractivity contribution in [1.82, 2.24) is 4.98 Å². The highest BCUT2D eigenvalue weighted by Gasteiger charge is 2.32. The molecule has 0 spiro atoms. The molecule has 0 bridgehead atoms. The smallest absolute Gasteiger partial charge is 0.312 e. The summed E-state index contributed by atoms with van der Waals surface area (Å²) in [7, 11) is 0. The molecule has 0 aromatic carbocycles. The first-order chi connectivity index (χ1) is 8.00. The highest BCUT2D eigenvalue weighted by atomic mass is 35.5. The van der Waals surface area contributed by atoms with Crippen molar-refractivity contribution in [3.05, 3.63) is 27.4 Å². The molecule has 0 aliphatic heterocycles. The van der Waals surface area contributed by atoms with Gasteiger partial charge >= 0.3 is 5.69 Å². The fourth-order valence-corrected chi connectivity index (χ4v) is 2.11. The van der Waals surface area contributed by atoms with Crippen molar-refractivity contribution in [2.45, 2.75) is 26.2 Å². The maximum absolute atomic E-state index is 10.8. The lowest BCUT2D eigenvalue weighted by Crippen LogP contribution is -2.33. The van der Waals surface area contributed by atoms with Gasteiger partial charge in [-0.2, -0.15) is 0 Å². The first-order valence-corrected chi connectivity index (χ1v) is 5.92. The van der Waals surface area contributed by atoms with E-state index in [9.17, 15) is 10.1 Å². The molecule has 92 valence electrons. The van der Waals surface area contributed by atoms with E-state index in [1.807, 2.05) is 0 Å². The molecule has 0 amide bonds. The van der Waals surface area contributed by atoms with Crippen molar-refractivity contribution < 1.29 is 4.92 Å². The predicted octanol–water partition coefficient (Wildman–Crippen LogP) is 3.25. The number of hydrogen-bond acceptors (Lipinski definition) is 4. The number of aromatic nitrogens is 1. The van der Waals surface area contributed by atoms with Crippen LogP contribution in [0.1, 0.15) is 26.2 Å². The quantitative estimate of drug-likeness (QED) is 0.662. The average Bonchev–Trinajstić information content (AvgIpc) is 2.24. The molecule has 0 radical (unpaired) electrons. The van der Waals surface area contributed by atoms with Crippen molar-refractivity contribution in [2.24, 2.45) is 5.41 Å². The minimum absolute atomic E-state index is 0.0691. The van der Waals surface area contributed by atoms with Crippen LogP contribution in [-0.2, 0) is 0 Å². The van der Waals surface area contributed by atoms with Gasteiger partial charge in [0.25, 0.3) is 0 Å². The van der Waals surface area contributed by atoms with Gasteiger partial charge in [-0.3, -0.25) is 10.1 Å². The molecule has 1 heterocycles. The van der Waals surface area contributed by atoms with Gasteiger partial charge < -0.3 is 5.32 Å². The van der Waals surface area contributed by atoms with E-state index in [4.69, 9.17) is 11.6 Å². The van der Waals surface area contributed by atoms with Crippen LogP contribution in [0.4, 0.5) is 11.5 Å². The van der Waals surface area contributed by atoms with Gasteiger partial charge in [0.1, 0.15) is 0 Å². The van der Waals surface area contributed by atoms with E-state index in [1.54, 1.807) is 0 Å². The highest BCUT2D eigenvalue weighted by molar-refractivity contribution is 6.30. The molecule has 1 aromatic rings. The molecule has 1 saturated carbocycles. The lowest BCUT2D eigenvalue weighted by Gasteiger charge is -2.38. The minimum atomic E-state index is -0.468. The first kappa shape index (κ1) is 12.1. The van der Waals surface area contributed by atoms with E-state index >= 15 is 0 Å². The zero-order valence-corrected chi connectivity index (χ0v) is 10.3. The third kappa shape index (κ3) is 2.66. The Labute approximate surface area is 104 Å². The summed E-state index contributed by atoms with van der Waals surface area (Å²) >= 11 is 5.69. The van der Waals surface area contributed by atoms with Gasteiger partial charge in [0, 0.05) is 18.8 Å². The fourth-order valence-electron chi connectivity index (χ4n) is 1.96. The topological polar surface area (TPSA) is 68.1 Å². The summed E-state index contributed by atoms with van der Waals surface area (Å²) in [4.78, 5) is 14.4. The van der Waals surface area contributed by atoms with Gasteiger partial charge in [0.2, 0.25) is 5.82 Å². The number of hydrogen-bond donors (Lipinski definition) is 1. The maximum Gasteiger partial charge on any atom is 0.312 e. The average molecular weight is 256 g/mol. The Morgan fingerprint density at radius 2 is 2.35 bits per heavy atom. The van der Waals surface area contributed by atoms with E-state index in [1.165, 1.54) is 18.7 Å². The summed E-state index contributed by atoms with van der Waals surface area (Å²) in [5.74, 6) is 0.299. The Kier molecular flexibility index (Phi) is 3.19. The summed E-state index contributed by atoms with van der Waals surface area (Å²) in [6, 6.07) is 1.32. The van der Waals surface area contributed by atoms with Gasteiger partial charge in [-0.15, -0.1) is 0 Å². The molecule has 0 saturated heterocycles. The largest absolute Gasteiger partial charge is 0.364 e. The number of pyridine rings is 1. The van der Waals surface area contributed by atoms with E-state index in [-0.39, 0.29) is 16.1 Å². The van der Waals surface area contributed by atoms with Gasteiger partial charge in [-0.25, -0.2) is 4.98 Å². The van der Waals surface area contributed by atoms with Crippen LogP contribution in [0.25, 0.3) is 0 Å². The molecular formula is C11H14ClN3O2. The number of rotatable bonds is 4. The van der Waals surface area contributed by atoms with Crippen LogP contribution >= 0.6 is 11.6 Å². The monoisotopic (exact) mass is 255 g/mol. The summed E-state index contributed by atoms with van der Waals surface area (Å²) in [6.45, 7) is 2.88. The summed E-state index contributed by atoms with van der Waals surface area (Å²) in [5, 5.41) is 14.2. The van der Waals surface area contributed by atoms with Crippen LogP contribution in [0.3, 0.4) is 0 Å². The lowest BCUT2D eigenvalue weighted by atomic mass is 9.70. The lowest BCUT2D eigenvalue weighted by molar-refractivity contribution is -0.384. The molecule has 6 heteroatoms. The highest BCUT2D eigenvalue weighted by Crippen LogP contribution is 2.40. The second-order valence-corrected chi connectivity index (χ2v) is 5.23. The van der Waals surface area contributed by atoms with E-state index in [0.717, 1.165) is 12.8 Å². The van der Waals surface area contributed by atoms with Crippen molar-refractivity contribution in [3.8, 4) is 0 Å². The zero-order valence-electron chi connectivity index (χ0n) is 9.57. The predicted molar refractivity (Wildman–Crippen MR) is 66.3 cm³/mol. The van der Waals surface area contributed by atoms with Crippen LogP contribution in [0.2, 0.25) is 5.02 Å². The molecule has 1 aliphatic carbocycles. The number of halogens is 1. The molecule has 0 unspecified atom stereocenters. The van der Waals surface area contributed by atoms with Crippen LogP contribution in [-0.4, -0.2) is 16.5 Å². The fraction of sp³-hybridized carbons (Fsp3) is 0.545. The molecule has 5 nitrogen and oxygen atoms in total. The SMILES string of the molecule is CC1(CNc2ncc(Cl)cc2[N+](=O)[O-])CCC1. The molecule has 1 N–H and O–H groups in total. The van der Waals surface area contributed by atoms with Crippen LogP contribution < -0.4 is 5.32 Å². The Bertz CT molecular complexity index is 446. The molecule has 2 rings (SSSR count). The Morgan fingerprint density at radius 1 is 1.65 bits per heavy atom. The third-order valence-electron chi connectivity index (χ3n) is 3.27. The van der Waals surface area contributed by atoms with E-state index in [2.05, 4.69) is 17.2 Å². The van der Waals surface area contributed by atoms with Gasteiger partial charge in [-0.05, 0) is 18.3 Å². The number of nitro groups is 1. The molecular weight excluding hydrogens is 242 g/mol. The second kappa shape index (κ2) is 4.49. The van der Waals surface area contributed by atoms with Crippen molar-refractivity contribution in [1.29, 1.82) is 0 Å². The number of nitrogens with zero attached hydrogens (tertiary/aromatic N) is 2. The molecule has 17 heavy (non-hydrogen) atoms. The molecule has 1 aromatic heterocycles. The standard InChI is InChI=1S/C11H14ClN3O2/c1-11(3-2-4-11)7-14-10-9(15(16)17)5-8(12)6-13-10/h5-6H,2-4,7H2,1H3,(H,13,14). The molecule has 1 aliphatic rings. The van der Waals surface area contributed by atoms with Crippen molar-refractivity contribution >= 4 is 23.1 Å². The number of nitrogens with one attached hydrogen (secondary N) is 1. The summed E-state index contributed by atoms with van der Waals surface area (Å²) in [5.41, 5.74) is 0.176. The van der Waals surface area contributed by atoms with Gasteiger partial charge in [0.05, 0.1) is 9.95 Å². The Morgan fingerprint density at radius 3 is 2.88 bits per heavy atom. The molecule has 0 atom stereocenters.